The van der Waals surface area contributed by atoms with Crippen LogP contribution in [-0.2, 0) is 22.6 Å². The number of ether oxygens (including phenoxy) is 1. The summed E-state index contributed by atoms with van der Waals surface area (Å²) in [6.45, 7) is 4.63. The van der Waals surface area contributed by atoms with Crippen molar-refractivity contribution in [1.82, 2.24) is 19.3 Å². The Morgan fingerprint density at radius 2 is 1.61 bits per heavy atom. The molecule has 0 saturated carbocycles. The number of piperidine rings is 1. The highest BCUT2D eigenvalue weighted by Crippen LogP contribution is 2.39. The maximum absolute atomic E-state index is 13.7. The third kappa shape index (κ3) is 4.01. The molecule has 1 aromatic heterocycles. The van der Waals surface area contributed by atoms with Crippen molar-refractivity contribution in [2.45, 2.75) is 32.2 Å². The number of amides is 4. The number of benzene rings is 1. The zero-order chi connectivity index (χ0) is 25.6. The van der Waals surface area contributed by atoms with E-state index in [1.165, 1.54) is 14.1 Å². The molecule has 2 fully saturated rings. The smallest absolute Gasteiger partial charge is 0.332 e. The molecule has 0 spiro atoms. The summed E-state index contributed by atoms with van der Waals surface area (Å²) in [7, 11) is 2.88. The zero-order valence-corrected chi connectivity index (χ0v) is 21.0. The van der Waals surface area contributed by atoms with Gasteiger partial charge >= 0.3 is 6.03 Å². The summed E-state index contributed by atoms with van der Waals surface area (Å²) < 4.78 is 7.40. The molecule has 3 aliphatic rings. The Balaban J connectivity index is 1.48. The minimum atomic E-state index is -1.42. The second-order valence-electron chi connectivity index (χ2n) is 10.2. The van der Waals surface area contributed by atoms with Crippen LogP contribution in [0.3, 0.4) is 0 Å². The molecule has 190 valence electrons. The summed E-state index contributed by atoms with van der Waals surface area (Å²) in [6, 6.07) is 12.2. The van der Waals surface area contributed by atoms with E-state index in [4.69, 9.17) is 4.74 Å². The monoisotopic (exact) mass is 492 g/mol. The number of hydrogen-bond acceptors (Lipinski definition) is 6. The molecule has 4 amide bonds. The Bertz CT molecular complexity index is 1230. The van der Waals surface area contributed by atoms with E-state index in [9.17, 15) is 19.2 Å². The molecule has 2 bridgehead atoms. The first-order valence-corrected chi connectivity index (χ1v) is 12.5. The first kappa shape index (κ1) is 24.2. The number of rotatable bonds is 6. The first-order chi connectivity index (χ1) is 17.2. The molecule has 9 heteroatoms. The zero-order valence-electron chi connectivity index (χ0n) is 21.0. The van der Waals surface area contributed by atoms with Gasteiger partial charge in [0.2, 0.25) is 11.8 Å². The van der Waals surface area contributed by atoms with Gasteiger partial charge in [-0.1, -0.05) is 18.2 Å². The van der Waals surface area contributed by atoms with Crippen LogP contribution in [0.25, 0.3) is 0 Å². The molecule has 5 rings (SSSR count). The number of aromatic nitrogens is 1. The number of carbonyl (C=O) groups is 3. The van der Waals surface area contributed by atoms with Gasteiger partial charge in [0.15, 0.2) is 0 Å². The molecule has 0 N–H and O–H groups in total. The maximum Gasteiger partial charge on any atom is 0.332 e. The number of hydrogen-bond donors (Lipinski definition) is 0. The highest BCUT2D eigenvalue weighted by Gasteiger charge is 2.56. The Morgan fingerprint density at radius 3 is 2.28 bits per heavy atom. The van der Waals surface area contributed by atoms with E-state index >= 15 is 0 Å². The van der Waals surface area contributed by atoms with Gasteiger partial charge in [0.25, 0.3) is 5.56 Å². The largest absolute Gasteiger partial charge is 0.494 e. The molecule has 0 aliphatic carbocycles. The van der Waals surface area contributed by atoms with Crippen molar-refractivity contribution >= 4 is 17.8 Å². The number of nitrogens with zero attached hydrogens (tertiary/aromatic N) is 4. The van der Waals surface area contributed by atoms with Gasteiger partial charge in [0.1, 0.15) is 11.2 Å². The van der Waals surface area contributed by atoms with E-state index in [1.54, 1.807) is 12.1 Å². The van der Waals surface area contributed by atoms with Crippen LogP contribution in [0.2, 0.25) is 0 Å². The number of carbonyl (C=O) groups excluding carboxylic acids is 3. The Hall–Kier alpha value is -3.46. The highest BCUT2D eigenvalue weighted by atomic mass is 16.5. The van der Waals surface area contributed by atoms with Gasteiger partial charge < -0.3 is 14.2 Å². The van der Waals surface area contributed by atoms with Crippen LogP contribution in [-0.4, -0.2) is 77.4 Å². The van der Waals surface area contributed by atoms with Gasteiger partial charge in [0, 0.05) is 58.0 Å². The van der Waals surface area contributed by atoms with Crippen molar-refractivity contribution in [1.29, 1.82) is 0 Å². The standard InChI is InChI=1S/C27H32N4O5/c1-4-36-21-10-8-18(9-11-21)13-27(24(33)28(2)26(35)29(3)25(27)34)17-30-14-19-12-20(16-30)22-6-5-7-23(32)31(22)15-19/h5-11,19-20H,4,12-17H2,1-3H3/t19-,20+/m1/s1. The van der Waals surface area contributed by atoms with Crippen LogP contribution < -0.4 is 10.3 Å². The Labute approximate surface area is 210 Å². The second-order valence-corrected chi connectivity index (χ2v) is 10.2. The average Bonchev–Trinajstić information content (AvgIpc) is 2.87. The van der Waals surface area contributed by atoms with Gasteiger partial charge in [-0.25, -0.2) is 4.79 Å². The van der Waals surface area contributed by atoms with E-state index in [0.29, 0.717) is 26.2 Å². The summed E-state index contributed by atoms with van der Waals surface area (Å²) >= 11 is 0. The van der Waals surface area contributed by atoms with Crippen LogP contribution >= 0.6 is 0 Å². The number of pyridine rings is 1. The summed E-state index contributed by atoms with van der Waals surface area (Å²) in [5.41, 5.74) is 0.425. The summed E-state index contributed by atoms with van der Waals surface area (Å²) in [5, 5.41) is 0. The molecule has 9 nitrogen and oxygen atoms in total. The second kappa shape index (κ2) is 9.20. The van der Waals surface area contributed by atoms with E-state index in [1.807, 2.05) is 41.8 Å². The molecule has 2 saturated heterocycles. The molecule has 3 aliphatic heterocycles. The lowest BCUT2D eigenvalue weighted by molar-refractivity contribution is -0.159. The van der Waals surface area contributed by atoms with Crippen LogP contribution in [0, 0.1) is 11.3 Å². The topological polar surface area (TPSA) is 92.2 Å². The molecular formula is C27H32N4O5. The predicted molar refractivity (Wildman–Crippen MR) is 133 cm³/mol. The third-order valence-electron chi connectivity index (χ3n) is 7.79. The summed E-state index contributed by atoms with van der Waals surface area (Å²) in [4.78, 5) is 56.7. The van der Waals surface area contributed by atoms with E-state index in [0.717, 1.165) is 33.2 Å². The quantitative estimate of drug-likeness (QED) is 0.573. The molecule has 2 aromatic rings. The molecule has 4 heterocycles. The van der Waals surface area contributed by atoms with Crippen molar-refractivity contribution < 1.29 is 19.1 Å². The van der Waals surface area contributed by atoms with Crippen molar-refractivity contribution in [2.75, 3.05) is 40.3 Å². The van der Waals surface area contributed by atoms with E-state index in [2.05, 4.69) is 4.90 Å². The minimum Gasteiger partial charge on any atom is -0.494 e. The molecule has 1 aromatic carbocycles. The van der Waals surface area contributed by atoms with Crippen molar-refractivity contribution in [3.8, 4) is 5.75 Å². The molecule has 0 unspecified atom stereocenters. The molecule has 2 atom stereocenters. The summed E-state index contributed by atoms with van der Waals surface area (Å²) in [5.74, 6) is 0.178. The third-order valence-corrected chi connectivity index (χ3v) is 7.79. The SMILES string of the molecule is CCOc1ccc(CC2(CN3C[C@H]4C[C@@H](C3)c3cccc(=O)n3C4)C(=O)N(C)C(=O)N(C)C2=O)cc1. The molecule has 36 heavy (non-hydrogen) atoms. The molecule has 0 radical (unpaired) electrons. The number of barbiturate groups is 1. The maximum atomic E-state index is 13.7. The van der Waals surface area contributed by atoms with Crippen molar-refractivity contribution in [3.63, 3.8) is 0 Å². The van der Waals surface area contributed by atoms with Gasteiger partial charge in [-0.2, -0.15) is 0 Å². The fourth-order valence-corrected chi connectivity index (χ4v) is 6.20. The summed E-state index contributed by atoms with van der Waals surface area (Å²) in [6.07, 6.45) is 1.16. The van der Waals surface area contributed by atoms with E-state index < -0.39 is 23.3 Å². The Morgan fingerprint density at radius 1 is 0.917 bits per heavy atom. The number of likely N-dealkylation sites (tertiary alicyclic amines) is 1. The van der Waals surface area contributed by atoms with Gasteiger partial charge in [-0.05, 0) is 49.4 Å². The Kier molecular flexibility index (Phi) is 6.20. The average molecular weight is 493 g/mol. The lowest BCUT2D eigenvalue weighted by Crippen LogP contribution is -2.67. The lowest BCUT2D eigenvalue weighted by Gasteiger charge is -2.48. The van der Waals surface area contributed by atoms with Crippen LogP contribution in [0.5, 0.6) is 5.75 Å². The van der Waals surface area contributed by atoms with Gasteiger partial charge in [-0.15, -0.1) is 0 Å². The van der Waals surface area contributed by atoms with Crippen LogP contribution in [0.15, 0.2) is 47.3 Å². The lowest BCUT2D eigenvalue weighted by atomic mass is 9.75. The minimum absolute atomic E-state index is 0.0158. The first-order valence-electron chi connectivity index (χ1n) is 12.5. The van der Waals surface area contributed by atoms with Gasteiger partial charge in [-0.3, -0.25) is 24.2 Å². The van der Waals surface area contributed by atoms with E-state index in [-0.39, 0.29) is 30.4 Å². The van der Waals surface area contributed by atoms with Gasteiger partial charge in [0.05, 0.1) is 6.61 Å². The van der Waals surface area contributed by atoms with Crippen LogP contribution in [0.4, 0.5) is 4.79 Å². The predicted octanol–water partition coefficient (Wildman–Crippen LogP) is 1.95. The van der Waals surface area contributed by atoms with Crippen LogP contribution in [0.1, 0.15) is 30.5 Å². The van der Waals surface area contributed by atoms with Crippen molar-refractivity contribution in [2.24, 2.45) is 11.3 Å². The highest BCUT2D eigenvalue weighted by molar-refractivity contribution is 6.19. The fourth-order valence-electron chi connectivity index (χ4n) is 6.20. The number of urea groups is 1. The number of imide groups is 2. The number of fused-ring (bicyclic) bond motifs is 4. The fraction of sp³-hybridized carbons (Fsp3) is 0.481. The normalized spacial score (nSPS) is 23.6. The van der Waals surface area contributed by atoms with Crippen molar-refractivity contribution in [3.05, 3.63) is 64.1 Å². The molecular weight excluding hydrogens is 460 g/mol.